The monoisotopic (exact) mass is 322 g/mol. The third-order valence-corrected chi connectivity index (χ3v) is 5.77. The number of ether oxygens (including phenoxy) is 1. The second kappa shape index (κ2) is 7.47. The van der Waals surface area contributed by atoms with Crippen LogP contribution in [0, 0.1) is 0 Å². The lowest BCUT2D eigenvalue weighted by atomic mass is 9.96. The lowest BCUT2D eigenvalue weighted by Gasteiger charge is -2.21. The Labute approximate surface area is 134 Å². The predicted octanol–water partition coefficient (Wildman–Crippen LogP) is 5.01. The normalized spacial score (nSPS) is 16.4. The van der Waals surface area contributed by atoms with Crippen molar-refractivity contribution in [2.75, 3.05) is 6.61 Å². The number of para-hydroxylation sites is 1. The summed E-state index contributed by atoms with van der Waals surface area (Å²) in [5.41, 5.74) is 1.00. The molecule has 1 aliphatic rings. The first-order valence-electron chi connectivity index (χ1n) is 7.81. The largest absolute Gasteiger partial charge is 0.491 e. The molecule has 5 heteroatoms. The lowest BCUT2D eigenvalue weighted by Crippen LogP contribution is -2.25. The van der Waals surface area contributed by atoms with Crippen LogP contribution >= 0.6 is 23.3 Å². The molecule has 1 saturated carbocycles. The van der Waals surface area contributed by atoms with Gasteiger partial charge in [-0.25, -0.2) is 4.98 Å². The summed E-state index contributed by atoms with van der Waals surface area (Å²) in [4.78, 5) is 4.74. The Hall–Kier alpha value is -0.780. The van der Waals surface area contributed by atoms with E-state index in [-0.39, 0.29) is 0 Å². The van der Waals surface area contributed by atoms with E-state index >= 15 is 0 Å². The van der Waals surface area contributed by atoms with E-state index in [1.807, 2.05) is 6.07 Å². The molecule has 0 amide bonds. The average molecular weight is 322 g/mol. The van der Waals surface area contributed by atoms with E-state index < -0.39 is 0 Å². The summed E-state index contributed by atoms with van der Waals surface area (Å²) < 4.78 is 11.7. The standard InChI is InChI=1S/C16H22N2OS2/c1-2-11-19-13-9-6-10-14-15(13)17-16(20-14)21-18-12-7-4-3-5-8-12/h6,9-10,12,18H,2-5,7-8,11H2,1H3. The summed E-state index contributed by atoms with van der Waals surface area (Å²) in [6.07, 6.45) is 7.71. The molecule has 2 aromatic rings. The van der Waals surface area contributed by atoms with E-state index in [1.54, 1.807) is 23.3 Å². The third-order valence-electron chi connectivity index (χ3n) is 3.74. The average Bonchev–Trinajstić information content (AvgIpc) is 2.95. The smallest absolute Gasteiger partial charge is 0.166 e. The fourth-order valence-electron chi connectivity index (χ4n) is 2.63. The Morgan fingerprint density at radius 2 is 2.19 bits per heavy atom. The molecule has 0 atom stereocenters. The molecule has 3 nitrogen and oxygen atoms in total. The van der Waals surface area contributed by atoms with Crippen LogP contribution in [0.25, 0.3) is 10.2 Å². The van der Waals surface area contributed by atoms with Crippen LogP contribution in [0.2, 0.25) is 0 Å². The quantitative estimate of drug-likeness (QED) is 0.758. The molecular formula is C16H22N2OS2. The number of rotatable bonds is 6. The fourth-order valence-corrected chi connectivity index (χ4v) is 4.56. The summed E-state index contributed by atoms with van der Waals surface area (Å²) in [5.74, 6) is 0.912. The molecule has 0 aliphatic heterocycles. The van der Waals surface area contributed by atoms with Crippen molar-refractivity contribution in [2.24, 2.45) is 0 Å². The van der Waals surface area contributed by atoms with Crippen molar-refractivity contribution >= 4 is 33.5 Å². The molecule has 21 heavy (non-hydrogen) atoms. The first kappa shape index (κ1) is 15.1. The summed E-state index contributed by atoms with van der Waals surface area (Å²) in [5, 5.41) is 0. The van der Waals surface area contributed by atoms with E-state index in [4.69, 9.17) is 9.72 Å². The van der Waals surface area contributed by atoms with Crippen molar-refractivity contribution < 1.29 is 4.74 Å². The molecule has 0 spiro atoms. The zero-order valence-corrected chi connectivity index (χ0v) is 14.1. The topological polar surface area (TPSA) is 34.1 Å². The second-order valence-corrected chi connectivity index (χ2v) is 7.60. The van der Waals surface area contributed by atoms with Crippen LogP contribution in [0.4, 0.5) is 0 Å². The molecule has 0 saturated heterocycles. The highest BCUT2D eigenvalue weighted by Gasteiger charge is 2.15. The Bertz CT molecular complexity index is 579. The molecule has 0 bridgehead atoms. The van der Waals surface area contributed by atoms with Crippen molar-refractivity contribution in [2.45, 2.75) is 55.8 Å². The zero-order chi connectivity index (χ0) is 14.5. The molecule has 0 radical (unpaired) electrons. The summed E-state index contributed by atoms with van der Waals surface area (Å²) in [6.45, 7) is 2.87. The van der Waals surface area contributed by atoms with Crippen molar-refractivity contribution in [1.82, 2.24) is 9.71 Å². The van der Waals surface area contributed by atoms with Gasteiger partial charge in [0.25, 0.3) is 0 Å². The first-order valence-corrected chi connectivity index (χ1v) is 9.45. The van der Waals surface area contributed by atoms with Gasteiger partial charge in [-0.2, -0.15) is 0 Å². The van der Waals surface area contributed by atoms with Crippen LogP contribution in [-0.4, -0.2) is 17.6 Å². The zero-order valence-electron chi connectivity index (χ0n) is 12.4. The molecule has 1 N–H and O–H groups in total. The molecule has 1 aromatic carbocycles. The number of hydrogen-bond acceptors (Lipinski definition) is 5. The van der Waals surface area contributed by atoms with Crippen molar-refractivity contribution in [3.05, 3.63) is 18.2 Å². The minimum atomic E-state index is 0.645. The predicted molar refractivity (Wildman–Crippen MR) is 91.3 cm³/mol. The summed E-state index contributed by atoms with van der Waals surface area (Å²) >= 11 is 3.43. The number of aromatic nitrogens is 1. The SMILES string of the molecule is CCCOc1cccc2sc(SNC3CCCCC3)nc12. The van der Waals surface area contributed by atoms with Gasteiger partial charge in [-0.3, -0.25) is 4.72 Å². The van der Waals surface area contributed by atoms with Crippen LogP contribution in [0.1, 0.15) is 45.4 Å². The molecule has 114 valence electrons. The number of thiazole rings is 1. The number of hydrogen-bond donors (Lipinski definition) is 1. The first-order chi connectivity index (χ1) is 10.4. The molecule has 1 fully saturated rings. The molecule has 3 rings (SSSR count). The van der Waals surface area contributed by atoms with Gasteiger partial charge >= 0.3 is 0 Å². The van der Waals surface area contributed by atoms with Gasteiger partial charge in [-0.15, -0.1) is 11.3 Å². The van der Waals surface area contributed by atoms with Crippen LogP contribution in [0.5, 0.6) is 5.75 Å². The van der Waals surface area contributed by atoms with Gasteiger partial charge in [0.1, 0.15) is 11.3 Å². The molecular weight excluding hydrogens is 300 g/mol. The van der Waals surface area contributed by atoms with Crippen LogP contribution in [0.3, 0.4) is 0 Å². The van der Waals surface area contributed by atoms with Gasteiger partial charge in [0.2, 0.25) is 0 Å². The highest BCUT2D eigenvalue weighted by atomic mass is 32.2. The maximum Gasteiger partial charge on any atom is 0.166 e. The van der Waals surface area contributed by atoms with Crippen LogP contribution in [-0.2, 0) is 0 Å². The Balaban J connectivity index is 1.68. The number of nitrogens with one attached hydrogen (secondary N) is 1. The minimum absolute atomic E-state index is 0.645. The third kappa shape index (κ3) is 3.90. The van der Waals surface area contributed by atoms with Crippen molar-refractivity contribution in [1.29, 1.82) is 0 Å². The van der Waals surface area contributed by atoms with E-state index in [0.29, 0.717) is 6.04 Å². The molecule has 1 aromatic heterocycles. The molecule has 0 unspecified atom stereocenters. The molecule has 1 aliphatic carbocycles. The highest BCUT2D eigenvalue weighted by molar-refractivity contribution is 7.99. The Morgan fingerprint density at radius 1 is 1.33 bits per heavy atom. The van der Waals surface area contributed by atoms with Crippen molar-refractivity contribution in [3.63, 3.8) is 0 Å². The van der Waals surface area contributed by atoms with Gasteiger partial charge in [0.05, 0.1) is 11.3 Å². The molecule has 1 heterocycles. The van der Waals surface area contributed by atoms with Gasteiger partial charge in [0.15, 0.2) is 4.34 Å². The van der Waals surface area contributed by atoms with Gasteiger partial charge in [-0.1, -0.05) is 32.3 Å². The van der Waals surface area contributed by atoms with E-state index in [1.165, 1.54) is 36.8 Å². The van der Waals surface area contributed by atoms with Crippen LogP contribution in [0.15, 0.2) is 22.5 Å². The summed E-state index contributed by atoms with van der Waals surface area (Å²) in [7, 11) is 0. The van der Waals surface area contributed by atoms with Gasteiger partial charge in [0, 0.05) is 6.04 Å². The Morgan fingerprint density at radius 3 is 3.00 bits per heavy atom. The number of benzene rings is 1. The number of fused-ring (bicyclic) bond motifs is 1. The Kier molecular flexibility index (Phi) is 5.38. The van der Waals surface area contributed by atoms with Gasteiger partial charge < -0.3 is 4.74 Å². The van der Waals surface area contributed by atoms with Gasteiger partial charge in [-0.05, 0) is 43.3 Å². The maximum absolute atomic E-state index is 5.79. The van der Waals surface area contributed by atoms with Crippen LogP contribution < -0.4 is 9.46 Å². The number of nitrogens with zero attached hydrogens (tertiary/aromatic N) is 1. The second-order valence-electron chi connectivity index (χ2n) is 5.49. The highest BCUT2D eigenvalue weighted by Crippen LogP contribution is 2.34. The van der Waals surface area contributed by atoms with E-state index in [0.717, 1.165) is 28.6 Å². The lowest BCUT2D eigenvalue weighted by molar-refractivity contribution is 0.320. The minimum Gasteiger partial charge on any atom is -0.491 e. The maximum atomic E-state index is 5.79. The fraction of sp³-hybridized carbons (Fsp3) is 0.562. The van der Waals surface area contributed by atoms with E-state index in [9.17, 15) is 0 Å². The summed E-state index contributed by atoms with van der Waals surface area (Å²) in [6, 6.07) is 6.83. The van der Waals surface area contributed by atoms with E-state index in [2.05, 4.69) is 23.8 Å². The van der Waals surface area contributed by atoms with Crippen molar-refractivity contribution in [3.8, 4) is 5.75 Å².